The highest BCUT2D eigenvalue weighted by Gasteiger charge is 2.29. The molecule has 17 heavy (non-hydrogen) atoms. The zero-order chi connectivity index (χ0) is 12.1. The van der Waals surface area contributed by atoms with E-state index >= 15 is 0 Å². The van der Waals surface area contributed by atoms with Crippen LogP contribution in [-0.4, -0.2) is 35.2 Å². The predicted molar refractivity (Wildman–Crippen MR) is 63.2 cm³/mol. The third-order valence-corrected chi connectivity index (χ3v) is 2.91. The van der Waals surface area contributed by atoms with Crippen molar-refractivity contribution in [3.8, 4) is 0 Å². The molecule has 2 heterocycles. The van der Waals surface area contributed by atoms with E-state index in [1.54, 1.807) is 11.1 Å². The van der Waals surface area contributed by atoms with Gasteiger partial charge >= 0.3 is 6.09 Å². The van der Waals surface area contributed by atoms with Crippen molar-refractivity contribution in [2.24, 2.45) is 5.73 Å². The van der Waals surface area contributed by atoms with Crippen LogP contribution in [0.5, 0.6) is 0 Å². The lowest BCUT2D eigenvalue weighted by Crippen LogP contribution is -2.46. The fourth-order valence-electron chi connectivity index (χ4n) is 2.02. The topological polar surface area (TPSA) is 68.5 Å². The van der Waals surface area contributed by atoms with Crippen molar-refractivity contribution in [2.75, 3.05) is 13.2 Å². The van der Waals surface area contributed by atoms with Crippen molar-refractivity contribution < 1.29 is 9.53 Å². The molecule has 0 bridgehead atoms. The molecule has 1 amide bonds. The van der Waals surface area contributed by atoms with Gasteiger partial charge in [-0.05, 0) is 25.1 Å². The number of aromatic nitrogens is 1. The number of carbonyl (C=O) groups excluding carboxylic acids is 1. The van der Waals surface area contributed by atoms with Gasteiger partial charge in [0.1, 0.15) is 0 Å². The molecule has 1 fully saturated rings. The Morgan fingerprint density at radius 1 is 1.53 bits per heavy atom. The minimum atomic E-state index is -0.264. The molecule has 0 radical (unpaired) electrons. The Balaban J connectivity index is 2.07. The fourth-order valence-corrected chi connectivity index (χ4v) is 2.02. The molecule has 2 rings (SSSR count). The summed E-state index contributed by atoms with van der Waals surface area (Å²) in [6.07, 6.45) is 3.11. The lowest BCUT2D eigenvalue weighted by Gasteiger charge is -2.34. The Labute approximate surface area is 101 Å². The Bertz CT molecular complexity index is 367. The maximum absolute atomic E-state index is 11.7. The summed E-state index contributed by atoms with van der Waals surface area (Å²) in [7, 11) is 0. The second-order valence-corrected chi connectivity index (χ2v) is 4.08. The van der Waals surface area contributed by atoms with Crippen LogP contribution in [0.3, 0.4) is 0 Å². The second-order valence-electron chi connectivity index (χ2n) is 4.08. The van der Waals surface area contributed by atoms with Crippen LogP contribution >= 0.6 is 0 Å². The SMILES string of the molecule is NCCC1CCOC(=O)N1Cc1ccccn1. The molecule has 0 aromatic carbocycles. The Morgan fingerprint density at radius 3 is 3.12 bits per heavy atom. The quantitative estimate of drug-likeness (QED) is 0.849. The van der Waals surface area contributed by atoms with Crippen molar-refractivity contribution in [3.63, 3.8) is 0 Å². The smallest absolute Gasteiger partial charge is 0.410 e. The van der Waals surface area contributed by atoms with E-state index in [9.17, 15) is 4.79 Å². The van der Waals surface area contributed by atoms with E-state index in [1.165, 1.54) is 0 Å². The van der Waals surface area contributed by atoms with Gasteiger partial charge in [-0.1, -0.05) is 6.07 Å². The highest BCUT2D eigenvalue weighted by molar-refractivity contribution is 5.68. The molecule has 1 aromatic rings. The maximum Gasteiger partial charge on any atom is 0.410 e. The summed E-state index contributed by atoms with van der Waals surface area (Å²) < 4.78 is 5.06. The minimum Gasteiger partial charge on any atom is -0.449 e. The standard InChI is InChI=1S/C12H17N3O2/c13-6-4-11-5-8-17-12(16)15(11)9-10-3-1-2-7-14-10/h1-3,7,11H,4-6,8-9,13H2. The molecule has 0 aliphatic carbocycles. The number of hydrogen-bond donors (Lipinski definition) is 1. The van der Waals surface area contributed by atoms with Gasteiger partial charge in [-0.2, -0.15) is 0 Å². The summed E-state index contributed by atoms with van der Waals surface area (Å²) in [4.78, 5) is 17.7. The summed E-state index contributed by atoms with van der Waals surface area (Å²) >= 11 is 0. The van der Waals surface area contributed by atoms with Crippen molar-refractivity contribution >= 4 is 6.09 Å². The van der Waals surface area contributed by atoms with Crippen LogP contribution in [0, 0.1) is 0 Å². The second kappa shape index (κ2) is 5.63. The number of rotatable bonds is 4. The largest absolute Gasteiger partial charge is 0.449 e. The number of amides is 1. The van der Waals surface area contributed by atoms with E-state index in [4.69, 9.17) is 10.5 Å². The summed E-state index contributed by atoms with van der Waals surface area (Å²) in [6.45, 7) is 1.56. The van der Waals surface area contributed by atoms with Crippen LogP contribution in [0.1, 0.15) is 18.5 Å². The minimum absolute atomic E-state index is 0.170. The zero-order valence-electron chi connectivity index (χ0n) is 9.71. The third-order valence-electron chi connectivity index (χ3n) is 2.91. The first-order valence-electron chi connectivity index (χ1n) is 5.84. The molecule has 5 nitrogen and oxygen atoms in total. The van der Waals surface area contributed by atoms with E-state index in [0.717, 1.165) is 18.5 Å². The predicted octanol–water partition coefficient (Wildman–Crippen LogP) is 1.14. The van der Waals surface area contributed by atoms with Gasteiger partial charge in [0.15, 0.2) is 0 Å². The molecule has 0 spiro atoms. The Hall–Kier alpha value is -1.62. The van der Waals surface area contributed by atoms with Crippen molar-refractivity contribution in [1.82, 2.24) is 9.88 Å². The first kappa shape index (κ1) is 11.9. The summed E-state index contributed by atoms with van der Waals surface area (Å²) in [5, 5.41) is 0. The normalized spacial score (nSPS) is 20.2. The molecule has 1 unspecified atom stereocenters. The summed E-state index contributed by atoms with van der Waals surface area (Å²) in [5.41, 5.74) is 6.43. The number of nitrogens with two attached hydrogens (primary N) is 1. The summed E-state index contributed by atoms with van der Waals surface area (Å²) in [6, 6.07) is 5.84. The van der Waals surface area contributed by atoms with E-state index in [-0.39, 0.29) is 12.1 Å². The lowest BCUT2D eigenvalue weighted by molar-refractivity contribution is 0.0382. The molecule has 1 saturated heterocycles. The number of carbonyl (C=O) groups is 1. The molecular weight excluding hydrogens is 218 g/mol. The number of ether oxygens (including phenoxy) is 1. The molecule has 1 aliphatic heterocycles. The first-order chi connectivity index (χ1) is 8.31. The van der Waals surface area contributed by atoms with Crippen molar-refractivity contribution in [3.05, 3.63) is 30.1 Å². The van der Waals surface area contributed by atoms with Gasteiger partial charge in [0, 0.05) is 18.7 Å². The van der Waals surface area contributed by atoms with Gasteiger partial charge in [-0.25, -0.2) is 4.79 Å². The van der Waals surface area contributed by atoms with Gasteiger partial charge in [0.2, 0.25) is 0 Å². The summed E-state index contributed by atoms with van der Waals surface area (Å²) in [5.74, 6) is 0. The van der Waals surface area contributed by atoms with Crippen molar-refractivity contribution in [2.45, 2.75) is 25.4 Å². The van der Waals surface area contributed by atoms with Crippen LogP contribution in [-0.2, 0) is 11.3 Å². The van der Waals surface area contributed by atoms with Gasteiger partial charge in [0.25, 0.3) is 0 Å². The molecule has 1 atom stereocenters. The lowest BCUT2D eigenvalue weighted by atomic mass is 10.1. The average Bonchev–Trinajstić information content (AvgIpc) is 2.35. The van der Waals surface area contributed by atoms with Crippen LogP contribution in [0.15, 0.2) is 24.4 Å². The number of hydrogen-bond acceptors (Lipinski definition) is 4. The number of cyclic esters (lactones) is 1. The van der Waals surface area contributed by atoms with Gasteiger partial charge < -0.3 is 10.5 Å². The van der Waals surface area contributed by atoms with Gasteiger partial charge in [-0.15, -0.1) is 0 Å². The molecule has 92 valence electrons. The highest BCUT2D eigenvalue weighted by atomic mass is 16.6. The molecular formula is C12H17N3O2. The molecule has 1 aliphatic rings. The van der Waals surface area contributed by atoms with Crippen molar-refractivity contribution in [1.29, 1.82) is 0 Å². The van der Waals surface area contributed by atoms with Gasteiger partial charge in [0.05, 0.1) is 18.8 Å². The van der Waals surface area contributed by atoms with Crippen LogP contribution in [0.25, 0.3) is 0 Å². The number of nitrogens with zero attached hydrogens (tertiary/aromatic N) is 2. The molecule has 0 saturated carbocycles. The monoisotopic (exact) mass is 235 g/mol. The molecule has 2 N–H and O–H groups in total. The van der Waals surface area contributed by atoms with Crippen LogP contribution in [0.2, 0.25) is 0 Å². The first-order valence-corrected chi connectivity index (χ1v) is 5.84. The van der Waals surface area contributed by atoms with Crippen LogP contribution < -0.4 is 5.73 Å². The average molecular weight is 235 g/mol. The highest BCUT2D eigenvalue weighted by Crippen LogP contribution is 2.18. The molecule has 1 aromatic heterocycles. The third kappa shape index (κ3) is 2.94. The number of pyridine rings is 1. The van der Waals surface area contributed by atoms with E-state index in [1.807, 2.05) is 18.2 Å². The van der Waals surface area contributed by atoms with Crippen LogP contribution in [0.4, 0.5) is 4.79 Å². The Morgan fingerprint density at radius 2 is 2.41 bits per heavy atom. The fraction of sp³-hybridized carbons (Fsp3) is 0.500. The Kier molecular flexibility index (Phi) is 3.93. The van der Waals surface area contributed by atoms with E-state index < -0.39 is 0 Å². The van der Waals surface area contributed by atoms with Gasteiger partial charge in [-0.3, -0.25) is 9.88 Å². The van der Waals surface area contributed by atoms with E-state index in [0.29, 0.717) is 19.7 Å². The zero-order valence-corrected chi connectivity index (χ0v) is 9.71. The maximum atomic E-state index is 11.7. The molecule has 5 heteroatoms. The van der Waals surface area contributed by atoms with E-state index in [2.05, 4.69) is 4.98 Å².